The first kappa shape index (κ1) is 17.9. The Labute approximate surface area is 150 Å². The van der Waals surface area contributed by atoms with Crippen molar-refractivity contribution in [3.63, 3.8) is 0 Å². The molecule has 2 fully saturated rings. The van der Waals surface area contributed by atoms with Gasteiger partial charge < -0.3 is 15.1 Å². The fraction of sp³-hybridized carbons (Fsp3) is 0.600. The predicted octanol–water partition coefficient (Wildman–Crippen LogP) is 2.27. The number of hydrogen-bond donors (Lipinski definition) is 1. The molecule has 1 aromatic rings. The van der Waals surface area contributed by atoms with Gasteiger partial charge in [0, 0.05) is 31.7 Å². The second kappa shape index (κ2) is 7.56. The molecule has 1 N–H and O–H groups in total. The van der Waals surface area contributed by atoms with Crippen LogP contribution in [0.4, 0.5) is 0 Å². The molecule has 0 aromatic heterocycles. The van der Waals surface area contributed by atoms with Crippen LogP contribution in [-0.2, 0) is 11.3 Å². The third-order valence-electron chi connectivity index (χ3n) is 5.51. The van der Waals surface area contributed by atoms with Crippen molar-refractivity contribution in [2.45, 2.75) is 39.2 Å². The van der Waals surface area contributed by atoms with Crippen molar-refractivity contribution < 1.29 is 9.59 Å². The number of likely N-dealkylation sites (tertiary alicyclic amines) is 2. The van der Waals surface area contributed by atoms with E-state index in [9.17, 15) is 9.59 Å². The van der Waals surface area contributed by atoms with Crippen LogP contribution in [0.5, 0.6) is 0 Å². The quantitative estimate of drug-likeness (QED) is 0.912. The predicted molar refractivity (Wildman–Crippen MR) is 98.3 cm³/mol. The third kappa shape index (κ3) is 4.21. The maximum atomic E-state index is 12.5. The first-order valence-electron chi connectivity index (χ1n) is 9.33. The molecule has 0 unspecified atom stereocenters. The van der Waals surface area contributed by atoms with E-state index in [2.05, 4.69) is 17.3 Å². The minimum atomic E-state index is -0.293. The Morgan fingerprint density at radius 1 is 1.08 bits per heavy atom. The molecule has 2 saturated heterocycles. The van der Waals surface area contributed by atoms with Crippen LogP contribution in [0.3, 0.4) is 0 Å². The maximum Gasteiger partial charge on any atom is 0.253 e. The Hall–Kier alpha value is -1.88. The van der Waals surface area contributed by atoms with Gasteiger partial charge in [-0.2, -0.15) is 0 Å². The minimum Gasteiger partial charge on any atom is -0.352 e. The molecule has 136 valence electrons. The molecule has 2 amide bonds. The van der Waals surface area contributed by atoms with Gasteiger partial charge in [0.05, 0.1) is 5.41 Å². The molecule has 2 heterocycles. The average Bonchev–Trinajstić information content (AvgIpc) is 3.00. The van der Waals surface area contributed by atoms with Gasteiger partial charge >= 0.3 is 0 Å². The van der Waals surface area contributed by atoms with Crippen LogP contribution in [0.15, 0.2) is 24.3 Å². The van der Waals surface area contributed by atoms with Gasteiger partial charge in [0.25, 0.3) is 5.91 Å². The van der Waals surface area contributed by atoms with Gasteiger partial charge in [-0.05, 0) is 63.9 Å². The van der Waals surface area contributed by atoms with E-state index in [-0.39, 0.29) is 17.2 Å². The number of carbonyl (C=O) groups excluding carboxylic acids is 2. The molecule has 0 saturated carbocycles. The molecule has 0 bridgehead atoms. The summed E-state index contributed by atoms with van der Waals surface area (Å²) < 4.78 is 0. The summed E-state index contributed by atoms with van der Waals surface area (Å²) in [4.78, 5) is 29.1. The van der Waals surface area contributed by atoms with E-state index >= 15 is 0 Å². The highest BCUT2D eigenvalue weighted by Crippen LogP contribution is 2.29. The lowest BCUT2D eigenvalue weighted by molar-refractivity contribution is -0.129. The summed E-state index contributed by atoms with van der Waals surface area (Å²) in [6.45, 7) is 6.05. The van der Waals surface area contributed by atoms with Gasteiger partial charge in [-0.15, -0.1) is 0 Å². The summed E-state index contributed by atoms with van der Waals surface area (Å²) >= 11 is 0. The Kier molecular flexibility index (Phi) is 5.42. The Bertz CT molecular complexity index is 622. The minimum absolute atomic E-state index is 0.116. The lowest BCUT2D eigenvalue weighted by atomic mass is 9.88. The zero-order valence-corrected chi connectivity index (χ0v) is 15.4. The first-order chi connectivity index (χ1) is 12.0. The van der Waals surface area contributed by atoms with E-state index < -0.39 is 0 Å². The molecule has 0 spiro atoms. The first-order valence-corrected chi connectivity index (χ1v) is 9.33. The topological polar surface area (TPSA) is 52.7 Å². The SMILES string of the molecule is CN1CC[C@](C)(C(=O)NCc2ccc(C(=O)N3CCCCC3)cc2)C1. The van der Waals surface area contributed by atoms with Gasteiger partial charge in [-0.3, -0.25) is 9.59 Å². The summed E-state index contributed by atoms with van der Waals surface area (Å²) in [5.74, 6) is 0.238. The fourth-order valence-corrected chi connectivity index (χ4v) is 3.82. The average molecular weight is 343 g/mol. The monoisotopic (exact) mass is 343 g/mol. The molecule has 5 nitrogen and oxygen atoms in total. The molecule has 5 heteroatoms. The van der Waals surface area contributed by atoms with E-state index in [0.717, 1.165) is 56.6 Å². The molecule has 25 heavy (non-hydrogen) atoms. The normalized spacial score (nSPS) is 24.3. The molecule has 2 aliphatic rings. The lowest BCUT2D eigenvalue weighted by Crippen LogP contribution is -2.40. The number of nitrogens with zero attached hydrogens (tertiary/aromatic N) is 2. The van der Waals surface area contributed by atoms with Crippen LogP contribution in [0.25, 0.3) is 0 Å². The number of amides is 2. The molecule has 2 aliphatic heterocycles. The highest BCUT2D eigenvalue weighted by molar-refractivity contribution is 5.94. The van der Waals surface area contributed by atoms with Crippen LogP contribution in [0.2, 0.25) is 0 Å². The van der Waals surface area contributed by atoms with Gasteiger partial charge in [0.15, 0.2) is 0 Å². The van der Waals surface area contributed by atoms with Crippen LogP contribution in [0, 0.1) is 5.41 Å². The maximum absolute atomic E-state index is 12.5. The van der Waals surface area contributed by atoms with E-state index in [1.165, 1.54) is 6.42 Å². The van der Waals surface area contributed by atoms with Crippen molar-refractivity contribution in [3.8, 4) is 0 Å². The summed E-state index contributed by atoms with van der Waals surface area (Å²) in [7, 11) is 2.05. The van der Waals surface area contributed by atoms with Crippen LogP contribution in [0.1, 0.15) is 48.5 Å². The van der Waals surface area contributed by atoms with E-state index in [0.29, 0.717) is 6.54 Å². The second-order valence-corrected chi connectivity index (χ2v) is 7.78. The summed E-state index contributed by atoms with van der Waals surface area (Å²) in [5.41, 5.74) is 1.47. The van der Waals surface area contributed by atoms with Crippen LogP contribution < -0.4 is 5.32 Å². The summed E-state index contributed by atoms with van der Waals surface area (Å²) in [5, 5.41) is 3.05. The zero-order chi connectivity index (χ0) is 17.9. The van der Waals surface area contributed by atoms with Crippen molar-refractivity contribution >= 4 is 11.8 Å². The van der Waals surface area contributed by atoms with Gasteiger partial charge in [-0.1, -0.05) is 12.1 Å². The van der Waals surface area contributed by atoms with Crippen molar-refractivity contribution in [2.24, 2.45) is 5.41 Å². The lowest BCUT2D eigenvalue weighted by Gasteiger charge is -2.26. The molecule has 1 atom stereocenters. The van der Waals surface area contributed by atoms with E-state index in [1.54, 1.807) is 0 Å². The van der Waals surface area contributed by atoms with Gasteiger partial charge in [-0.25, -0.2) is 0 Å². The zero-order valence-electron chi connectivity index (χ0n) is 15.4. The van der Waals surface area contributed by atoms with Crippen molar-refractivity contribution in [3.05, 3.63) is 35.4 Å². The summed E-state index contributed by atoms with van der Waals surface area (Å²) in [6, 6.07) is 7.65. The van der Waals surface area contributed by atoms with Gasteiger partial charge in [0.2, 0.25) is 5.91 Å². The molecule has 1 aromatic carbocycles. The summed E-state index contributed by atoms with van der Waals surface area (Å²) in [6.07, 6.45) is 4.32. The standard InChI is InChI=1S/C20H29N3O2/c1-20(10-13-22(2)15-20)19(25)21-14-16-6-8-17(9-7-16)18(24)23-11-4-3-5-12-23/h6-9H,3-5,10-15H2,1-2H3,(H,21,25)/t20-/m0/s1. The fourth-order valence-electron chi connectivity index (χ4n) is 3.82. The smallest absolute Gasteiger partial charge is 0.253 e. The number of nitrogens with one attached hydrogen (secondary N) is 1. The molecule has 0 radical (unpaired) electrons. The highest BCUT2D eigenvalue weighted by atomic mass is 16.2. The molecule has 0 aliphatic carbocycles. The number of carbonyl (C=O) groups is 2. The van der Waals surface area contributed by atoms with Crippen LogP contribution >= 0.6 is 0 Å². The number of benzene rings is 1. The molecular weight excluding hydrogens is 314 g/mol. The van der Waals surface area contributed by atoms with Crippen molar-refractivity contribution in [1.29, 1.82) is 0 Å². The van der Waals surface area contributed by atoms with Crippen molar-refractivity contribution in [2.75, 3.05) is 33.2 Å². The third-order valence-corrected chi connectivity index (χ3v) is 5.51. The molecule has 3 rings (SSSR count). The van der Waals surface area contributed by atoms with Gasteiger partial charge in [0.1, 0.15) is 0 Å². The largest absolute Gasteiger partial charge is 0.352 e. The van der Waals surface area contributed by atoms with Crippen molar-refractivity contribution in [1.82, 2.24) is 15.1 Å². The Morgan fingerprint density at radius 2 is 1.76 bits per heavy atom. The van der Waals surface area contributed by atoms with E-state index in [4.69, 9.17) is 0 Å². The Morgan fingerprint density at radius 3 is 2.36 bits per heavy atom. The Balaban J connectivity index is 1.54. The van der Waals surface area contributed by atoms with E-state index in [1.807, 2.05) is 36.1 Å². The second-order valence-electron chi connectivity index (χ2n) is 7.78. The highest BCUT2D eigenvalue weighted by Gasteiger charge is 2.38. The number of rotatable bonds is 4. The number of piperidine rings is 1. The van der Waals surface area contributed by atoms with Crippen LogP contribution in [-0.4, -0.2) is 54.8 Å². The molecular formula is C20H29N3O2. The number of hydrogen-bond acceptors (Lipinski definition) is 3.